The lowest BCUT2D eigenvalue weighted by Gasteiger charge is -2.29. The van der Waals surface area contributed by atoms with E-state index in [1.54, 1.807) is 6.07 Å². The molecule has 0 aromatic heterocycles. The van der Waals surface area contributed by atoms with E-state index < -0.39 is 11.7 Å². The van der Waals surface area contributed by atoms with Crippen molar-refractivity contribution >= 4 is 23.0 Å². The molecule has 0 aliphatic carbocycles. The highest BCUT2D eigenvalue weighted by atomic mass is 32.1. The van der Waals surface area contributed by atoms with Gasteiger partial charge in [-0.2, -0.15) is 13.2 Å². The van der Waals surface area contributed by atoms with Gasteiger partial charge in [-0.15, -0.1) is 0 Å². The summed E-state index contributed by atoms with van der Waals surface area (Å²) in [4.78, 5) is 1.87. The first-order valence-corrected chi connectivity index (χ1v) is 6.18. The normalized spacial score (nSPS) is 16.3. The Labute approximate surface area is 114 Å². The fourth-order valence-electron chi connectivity index (χ4n) is 1.74. The average molecular weight is 290 g/mol. The maximum atomic E-state index is 12.6. The summed E-state index contributed by atoms with van der Waals surface area (Å²) in [5.41, 5.74) is -0.353. The third-order valence-corrected chi connectivity index (χ3v) is 3.10. The van der Waals surface area contributed by atoms with Crippen molar-refractivity contribution in [3.8, 4) is 0 Å². The van der Waals surface area contributed by atoms with E-state index in [-0.39, 0.29) is 0 Å². The summed E-state index contributed by atoms with van der Waals surface area (Å²) in [6.45, 7) is 2.43. The highest BCUT2D eigenvalue weighted by Gasteiger charge is 2.30. The molecule has 1 saturated heterocycles. The quantitative estimate of drug-likeness (QED) is 0.804. The predicted molar refractivity (Wildman–Crippen MR) is 70.1 cm³/mol. The van der Waals surface area contributed by atoms with Crippen molar-refractivity contribution in [1.29, 1.82) is 0 Å². The Morgan fingerprint density at radius 3 is 2.58 bits per heavy atom. The zero-order valence-corrected chi connectivity index (χ0v) is 10.9. The number of alkyl halides is 3. The molecular formula is C12H13F3N2OS. The SMILES string of the molecule is FC(F)(F)c1cccc(NC(=S)N2CCOCC2)c1. The minimum absolute atomic E-state index is 0.339. The molecule has 7 heteroatoms. The zero-order valence-electron chi connectivity index (χ0n) is 10.0. The van der Waals surface area contributed by atoms with Crippen LogP contribution in [0.3, 0.4) is 0 Å². The van der Waals surface area contributed by atoms with Gasteiger partial charge in [-0.3, -0.25) is 0 Å². The standard InChI is InChI=1S/C12H13F3N2OS/c13-12(14,15)9-2-1-3-10(8-9)16-11(19)17-4-6-18-7-5-17/h1-3,8H,4-7H2,(H,16,19). The van der Waals surface area contributed by atoms with Crippen LogP contribution in [0, 0.1) is 0 Å². The zero-order chi connectivity index (χ0) is 13.9. The first kappa shape index (κ1) is 14.1. The van der Waals surface area contributed by atoms with Gasteiger partial charge in [0.25, 0.3) is 0 Å². The number of anilines is 1. The molecule has 19 heavy (non-hydrogen) atoms. The second-order valence-corrected chi connectivity index (χ2v) is 4.49. The van der Waals surface area contributed by atoms with Crippen LogP contribution in [0.25, 0.3) is 0 Å². The fourth-order valence-corrected chi connectivity index (χ4v) is 2.04. The number of halogens is 3. The topological polar surface area (TPSA) is 24.5 Å². The molecule has 0 radical (unpaired) electrons. The Kier molecular flexibility index (Phi) is 4.26. The molecule has 0 saturated carbocycles. The number of hydrogen-bond donors (Lipinski definition) is 1. The number of morpholine rings is 1. The smallest absolute Gasteiger partial charge is 0.378 e. The maximum Gasteiger partial charge on any atom is 0.416 e. The summed E-state index contributed by atoms with van der Waals surface area (Å²) in [6.07, 6.45) is -4.35. The minimum Gasteiger partial charge on any atom is -0.378 e. The van der Waals surface area contributed by atoms with Crippen molar-refractivity contribution in [1.82, 2.24) is 4.90 Å². The number of hydrogen-bond acceptors (Lipinski definition) is 2. The van der Waals surface area contributed by atoms with Crippen LogP contribution in [-0.2, 0) is 10.9 Å². The molecule has 1 aliphatic heterocycles. The van der Waals surface area contributed by atoms with Gasteiger partial charge in [-0.25, -0.2) is 0 Å². The molecule has 1 aromatic carbocycles. The van der Waals surface area contributed by atoms with Crippen molar-refractivity contribution in [3.05, 3.63) is 29.8 Å². The van der Waals surface area contributed by atoms with Crippen LogP contribution in [0.5, 0.6) is 0 Å². The Hall–Kier alpha value is -1.34. The van der Waals surface area contributed by atoms with Gasteiger partial charge < -0.3 is 15.0 Å². The Bertz CT molecular complexity index is 459. The first-order valence-electron chi connectivity index (χ1n) is 5.78. The monoisotopic (exact) mass is 290 g/mol. The molecule has 1 N–H and O–H groups in total. The molecule has 1 aliphatic rings. The third-order valence-electron chi connectivity index (χ3n) is 2.74. The number of rotatable bonds is 1. The maximum absolute atomic E-state index is 12.6. The lowest BCUT2D eigenvalue weighted by atomic mass is 10.2. The highest BCUT2D eigenvalue weighted by Crippen LogP contribution is 2.30. The fraction of sp³-hybridized carbons (Fsp3) is 0.417. The molecule has 2 rings (SSSR count). The molecule has 0 atom stereocenters. The van der Waals surface area contributed by atoms with E-state index in [2.05, 4.69) is 5.32 Å². The Morgan fingerprint density at radius 2 is 1.95 bits per heavy atom. The van der Waals surface area contributed by atoms with Gasteiger partial charge in [0.15, 0.2) is 5.11 Å². The number of ether oxygens (including phenoxy) is 1. The molecule has 1 fully saturated rings. The molecule has 0 spiro atoms. The van der Waals surface area contributed by atoms with Crippen LogP contribution in [0.4, 0.5) is 18.9 Å². The summed E-state index contributed by atoms with van der Waals surface area (Å²) in [6, 6.07) is 4.99. The minimum atomic E-state index is -4.35. The third kappa shape index (κ3) is 3.81. The van der Waals surface area contributed by atoms with E-state index in [1.807, 2.05) is 4.90 Å². The largest absolute Gasteiger partial charge is 0.416 e. The molecule has 0 unspecified atom stereocenters. The van der Waals surface area contributed by atoms with Crippen molar-refractivity contribution < 1.29 is 17.9 Å². The number of thiocarbonyl (C=S) groups is 1. The van der Waals surface area contributed by atoms with Gasteiger partial charge in [0.1, 0.15) is 0 Å². The van der Waals surface area contributed by atoms with Crippen LogP contribution < -0.4 is 5.32 Å². The van der Waals surface area contributed by atoms with Crippen LogP contribution in [0.2, 0.25) is 0 Å². The average Bonchev–Trinajstić information content (AvgIpc) is 2.39. The molecular weight excluding hydrogens is 277 g/mol. The van der Waals surface area contributed by atoms with E-state index in [4.69, 9.17) is 17.0 Å². The lowest BCUT2D eigenvalue weighted by Crippen LogP contribution is -2.42. The predicted octanol–water partition coefficient (Wildman–Crippen LogP) is 2.73. The Morgan fingerprint density at radius 1 is 1.26 bits per heavy atom. The van der Waals surface area contributed by atoms with Crippen LogP contribution in [0.1, 0.15) is 5.56 Å². The Balaban J connectivity index is 2.04. The summed E-state index contributed by atoms with van der Waals surface area (Å²) in [5.74, 6) is 0. The van der Waals surface area contributed by atoms with Crippen molar-refractivity contribution in [2.24, 2.45) is 0 Å². The van der Waals surface area contributed by atoms with Gasteiger partial charge in [0, 0.05) is 18.8 Å². The lowest BCUT2D eigenvalue weighted by molar-refractivity contribution is -0.137. The summed E-state index contributed by atoms with van der Waals surface area (Å²) in [7, 11) is 0. The first-order chi connectivity index (χ1) is 8.97. The molecule has 104 valence electrons. The van der Waals surface area contributed by atoms with Gasteiger partial charge in [0.2, 0.25) is 0 Å². The number of nitrogens with zero attached hydrogens (tertiary/aromatic N) is 1. The molecule has 1 heterocycles. The van der Waals surface area contributed by atoms with Crippen molar-refractivity contribution in [3.63, 3.8) is 0 Å². The van der Waals surface area contributed by atoms with Gasteiger partial charge in [0.05, 0.1) is 18.8 Å². The van der Waals surface area contributed by atoms with Gasteiger partial charge >= 0.3 is 6.18 Å². The van der Waals surface area contributed by atoms with Crippen molar-refractivity contribution in [2.75, 3.05) is 31.6 Å². The summed E-state index contributed by atoms with van der Waals surface area (Å²) < 4.78 is 42.9. The second kappa shape index (κ2) is 5.75. The van der Waals surface area contributed by atoms with E-state index >= 15 is 0 Å². The van der Waals surface area contributed by atoms with Crippen molar-refractivity contribution in [2.45, 2.75) is 6.18 Å². The van der Waals surface area contributed by atoms with E-state index in [1.165, 1.54) is 6.07 Å². The van der Waals surface area contributed by atoms with Crippen LogP contribution in [-0.4, -0.2) is 36.3 Å². The van der Waals surface area contributed by atoms with E-state index in [0.29, 0.717) is 37.1 Å². The van der Waals surface area contributed by atoms with E-state index in [0.717, 1.165) is 12.1 Å². The molecule has 0 amide bonds. The van der Waals surface area contributed by atoms with Crippen LogP contribution >= 0.6 is 12.2 Å². The molecule has 1 aromatic rings. The number of benzene rings is 1. The van der Waals surface area contributed by atoms with E-state index in [9.17, 15) is 13.2 Å². The van der Waals surface area contributed by atoms with Crippen LogP contribution in [0.15, 0.2) is 24.3 Å². The van der Waals surface area contributed by atoms with Gasteiger partial charge in [-0.1, -0.05) is 6.07 Å². The summed E-state index contributed by atoms with van der Waals surface area (Å²) >= 11 is 5.17. The van der Waals surface area contributed by atoms with Gasteiger partial charge in [-0.05, 0) is 30.4 Å². The number of nitrogens with one attached hydrogen (secondary N) is 1. The second-order valence-electron chi connectivity index (χ2n) is 4.11. The summed E-state index contributed by atoms with van der Waals surface area (Å²) in [5, 5.41) is 3.25. The molecule has 0 bridgehead atoms. The molecule has 3 nitrogen and oxygen atoms in total. The highest BCUT2D eigenvalue weighted by molar-refractivity contribution is 7.80.